The molecule has 2 nitrogen and oxygen atoms in total. The van der Waals surface area contributed by atoms with E-state index in [0.29, 0.717) is 0 Å². The van der Waals surface area contributed by atoms with Gasteiger partial charge in [0.1, 0.15) is 5.75 Å². The number of nitrogens with one attached hydrogen (secondary N) is 1. The molecule has 0 atom stereocenters. The van der Waals surface area contributed by atoms with Crippen LogP contribution in [0.15, 0.2) is 18.2 Å². The molecule has 0 amide bonds. The van der Waals surface area contributed by atoms with Gasteiger partial charge in [0, 0.05) is 12.2 Å². The number of fused-ring (bicyclic) bond motifs is 1. The van der Waals surface area contributed by atoms with E-state index in [1.165, 1.54) is 17.7 Å². The number of ether oxygens (including phenoxy) is 1. The number of benzene rings is 1. The van der Waals surface area contributed by atoms with Crippen molar-refractivity contribution in [1.29, 1.82) is 0 Å². The minimum atomic E-state index is 0.258. The topological polar surface area (TPSA) is 21.3 Å². The number of hydrogen-bond acceptors (Lipinski definition) is 2. The maximum Gasteiger partial charge on any atom is 0.119 e. The van der Waals surface area contributed by atoms with Crippen LogP contribution in [-0.2, 0) is 5.41 Å². The molecule has 0 aromatic heterocycles. The monoisotopic (exact) mass is 205 g/mol. The highest BCUT2D eigenvalue weighted by Crippen LogP contribution is 2.38. The summed E-state index contributed by atoms with van der Waals surface area (Å²) in [6, 6.07) is 6.34. The van der Waals surface area contributed by atoms with Gasteiger partial charge in [-0.05, 0) is 42.5 Å². The molecule has 0 bridgehead atoms. The van der Waals surface area contributed by atoms with Gasteiger partial charge in [-0.15, -0.1) is 0 Å². The van der Waals surface area contributed by atoms with Gasteiger partial charge in [-0.25, -0.2) is 0 Å². The normalized spacial score (nSPS) is 17.8. The van der Waals surface area contributed by atoms with Crippen LogP contribution in [0.2, 0.25) is 0 Å². The molecule has 15 heavy (non-hydrogen) atoms. The Morgan fingerprint density at radius 3 is 2.93 bits per heavy atom. The third-order valence-corrected chi connectivity index (χ3v) is 3.10. The van der Waals surface area contributed by atoms with Crippen LogP contribution < -0.4 is 10.1 Å². The smallest absolute Gasteiger partial charge is 0.119 e. The lowest BCUT2D eigenvalue weighted by Crippen LogP contribution is -2.28. The highest BCUT2D eigenvalue weighted by atomic mass is 16.5. The van der Waals surface area contributed by atoms with Crippen molar-refractivity contribution in [2.45, 2.75) is 32.6 Å². The summed E-state index contributed by atoms with van der Waals surface area (Å²) in [5.41, 5.74) is 2.89. The van der Waals surface area contributed by atoms with Gasteiger partial charge in [-0.3, -0.25) is 0 Å². The van der Waals surface area contributed by atoms with Gasteiger partial charge in [0.25, 0.3) is 0 Å². The summed E-state index contributed by atoms with van der Waals surface area (Å²) in [6.07, 6.45) is 1.18. The maximum absolute atomic E-state index is 5.54. The first kappa shape index (κ1) is 10.3. The first-order chi connectivity index (χ1) is 7.13. The van der Waals surface area contributed by atoms with Gasteiger partial charge < -0.3 is 10.1 Å². The van der Waals surface area contributed by atoms with Crippen LogP contribution in [0.3, 0.4) is 0 Å². The van der Waals surface area contributed by atoms with Crippen molar-refractivity contribution >= 4 is 5.69 Å². The van der Waals surface area contributed by atoms with Gasteiger partial charge >= 0.3 is 0 Å². The molecule has 0 unspecified atom stereocenters. The van der Waals surface area contributed by atoms with Crippen LogP contribution in [-0.4, -0.2) is 13.2 Å². The average Bonchev–Trinajstić information content (AvgIpc) is 2.19. The minimum Gasteiger partial charge on any atom is -0.494 e. The Hall–Kier alpha value is -1.18. The van der Waals surface area contributed by atoms with E-state index < -0.39 is 0 Å². The molecule has 0 aliphatic carbocycles. The van der Waals surface area contributed by atoms with Crippen LogP contribution in [0.25, 0.3) is 0 Å². The van der Waals surface area contributed by atoms with E-state index in [-0.39, 0.29) is 5.41 Å². The molecule has 1 aromatic carbocycles. The van der Waals surface area contributed by atoms with E-state index in [1.54, 1.807) is 0 Å². The molecule has 1 N–H and O–H groups in total. The molecule has 0 radical (unpaired) electrons. The standard InChI is InChI=1S/C13H19NO/c1-4-15-10-5-6-12-11(9-10)13(2,3)7-8-14-12/h5-6,9,14H,4,7-8H2,1-3H3. The molecular formula is C13H19NO. The summed E-state index contributed by atoms with van der Waals surface area (Å²) >= 11 is 0. The molecule has 1 aliphatic heterocycles. The maximum atomic E-state index is 5.54. The second-order valence-corrected chi connectivity index (χ2v) is 4.70. The molecule has 2 heteroatoms. The van der Waals surface area contributed by atoms with E-state index in [1.807, 2.05) is 13.0 Å². The Balaban J connectivity index is 2.39. The summed E-state index contributed by atoms with van der Waals surface area (Å²) in [5.74, 6) is 0.980. The summed E-state index contributed by atoms with van der Waals surface area (Å²) in [5, 5.41) is 3.43. The zero-order chi connectivity index (χ0) is 10.9. The van der Waals surface area contributed by atoms with E-state index >= 15 is 0 Å². The molecule has 0 saturated heterocycles. The van der Waals surface area contributed by atoms with Gasteiger partial charge in [-0.2, -0.15) is 0 Å². The Bertz CT molecular complexity index is 358. The molecule has 1 heterocycles. The van der Waals surface area contributed by atoms with Gasteiger partial charge in [0.2, 0.25) is 0 Å². The first-order valence-electron chi connectivity index (χ1n) is 5.65. The summed E-state index contributed by atoms with van der Waals surface area (Å²) in [7, 11) is 0. The molecule has 0 fully saturated rings. The number of rotatable bonds is 2. The van der Waals surface area contributed by atoms with Crippen molar-refractivity contribution in [2.24, 2.45) is 0 Å². The SMILES string of the molecule is CCOc1ccc2c(c1)C(C)(C)CCN2. The van der Waals surface area contributed by atoms with Gasteiger partial charge in [0.15, 0.2) is 0 Å². The van der Waals surface area contributed by atoms with Crippen LogP contribution in [0.5, 0.6) is 5.75 Å². The first-order valence-corrected chi connectivity index (χ1v) is 5.65. The summed E-state index contributed by atoms with van der Waals surface area (Å²) < 4.78 is 5.54. The predicted octanol–water partition coefficient (Wildman–Crippen LogP) is 3.18. The van der Waals surface area contributed by atoms with Crippen LogP contribution in [0.4, 0.5) is 5.69 Å². The highest BCUT2D eigenvalue weighted by Gasteiger charge is 2.27. The van der Waals surface area contributed by atoms with E-state index in [0.717, 1.165) is 18.9 Å². The Morgan fingerprint density at radius 1 is 1.40 bits per heavy atom. The Labute approximate surface area is 91.6 Å². The molecule has 1 aromatic rings. The zero-order valence-electron chi connectivity index (χ0n) is 9.76. The van der Waals surface area contributed by atoms with Crippen molar-refractivity contribution in [3.8, 4) is 5.75 Å². The summed E-state index contributed by atoms with van der Waals surface area (Å²) in [6.45, 7) is 8.40. The van der Waals surface area contributed by atoms with Crippen LogP contribution in [0, 0.1) is 0 Å². The average molecular weight is 205 g/mol. The molecular weight excluding hydrogens is 186 g/mol. The third kappa shape index (κ3) is 1.94. The Morgan fingerprint density at radius 2 is 2.20 bits per heavy atom. The van der Waals surface area contributed by atoms with Crippen molar-refractivity contribution < 1.29 is 4.74 Å². The van der Waals surface area contributed by atoms with Crippen LogP contribution >= 0.6 is 0 Å². The zero-order valence-corrected chi connectivity index (χ0v) is 9.76. The molecule has 82 valence electrons. The lowest BCUT2D eigenvalue weighted by molar-refractivity contribution is 0.338. The number of hydrogen-bond donors (Lipinski definition) is 1. The van der Waals surface area contributed by atoms with Crippen molar-refractivity contribution in [2.75, 3.05) is 18.5 Å². The van der Waals surface area contributed by atoms with E-state index in [4.69, 9.17) is 4.74 Å². The molecule has 1 aliphatic rings. The largest absolute Gasteiger partial charge is 0.494 e. The van der Waals surface area contributed by atoms with Gasteiger partial charge in [-0.1, -0.05) is 13.8 Å². The fourth-order valence-corrected chi connectivity index (χ4v) is 2.14. The molecule has 0 spiro atoms. The lowest BCUT2D eigenvalue weighted by atomic mass is 9.78. The fourth-order valence-electron chi connectivity index (χ4n) is 2.14. The third-order valence-electron chi connectivity index (χ3n) is 3.10. The second kappa shape index (κ2) is 3.76. The predicted molar refractivity (Wildman–Crippen MR) is 63.7 cm³/mol. The lowest BCUT2D eigenvalue weighted by Gasteiger charge is -2.33. The van der Waals surface area contributed by atoms with Crippen LogP contribution in [0.1, 0.15) is 32.8 Å². The second-order valence-electron chi connectivity index (χ2n) is 4.70. The van der Waals surface area contributed by atoms with Crippen molar-refractivity contribution in [3.05, 3.63) is 23.8 Å². The fraction of sp³-hybridized carbons (Fsp3) is 0.538. The molecule has 0 saturated carbocycles. The highest BCUT2D eigenvalue weighted by molar-refractivity contribution is 5.59. The quantitative estimate of drug-likeness (QED) is 0.800. The number of anilines is 1. The van der Waals surface area contributed by atoms with Gasteiger partial charge in [0.05, 0.1) is 6.61 Å². The molecule has 2 rings (SSSR count). The van der Waals surface area contributed by atoms with Crippen molar-refractivity contribution in [1.82, 2.24) is 0 Å². The van der Waals surface area contributed by atoms with Crippen molar-refractivity contribution in [3.63, 3.8) is 0 Å². The van der Waals surface area contributed by atoms with E-state index in [9.17, 15) is 0 Å². The summed E-state index contributed by atoms with van der Waals surface area (Å²) in [4.78, 5) is 0. The Kier molecular flexibility index (Phi) is 2.59. The minimum absolute atomic E-state index is 0.258. The van der Waals surface area contributed by atoms with E-state index in [2.05, 4.69) is 31.3 Å².